The van der Waals surface area contributed by atoms with Crippen LogP contribution >= 0.6 is 12.2 Å². The molecule has 0 aliphatic heterocycles. The predicted molar refractivity (Wildman–Crippen MR) is 83.6 cm³/mol. The van der Waals surface area contributed by atoms with Gasteiger partial charge in [0.1, 0.15) is 0 Å². The van der Waals surface area contributed by atoms with E-state index in [-0.39, 0.29) is 5.91 Å². The third kappa shape index (κ3) is 4.87. The van der Waals surface area contributed by atoms with E-state index < -0.39 is 0 Å². The minimum absolute atomic E-state index is 0.00754. The van der Waals surface area contributed by atoms with Gasteiger partial charge in [-0.2, -0.15) is 0 Å². The lowest BCUT2D eigenvalue weighted by Gasteiger charge is -2.15. The number of rotatable bonds is 4. The Balaban J connectivity index is 2.62. The van der Waals surface area contributed by atoms with Gasteiger partial charge in [0.2, 0.25) is 0 Å². The van der Waals surface area contributed by atoms with Crippen LogP contribution in [0.25, 0.3) is 0 Å². The van der Waals surface area contributed by atoms with Crippen molar-refractivity contribution in [3.8, 4) is 0 Å². The molecule has 0 saturated carbocycles. The topological polar surface area (TPSA) is 44.4 Å². The van der Waals surface area contributed by atoms with E-state index in [0.717, 1.165) is 12.1 Å². The molecule has 0 fully saturated rings. The summed E-state index contributed by atoms with van der Waals surface area (Å²) in [6.45, 7) is 4.18. The van der Waals surface area contributed by atoms with E-state index in [2.05, 4.69) is 24.5 Å². The van der Waals surface area contributed by atoms with Gasteiger partial charge < -0.3 is 15.5 Å². The summed E-state index contributed by atoms with van der Waals surface area (Å²) in [5, 5.41) is 6.87. The molecule has 0 bridgehead atoms. The zero-order valence-electron chi connectivity index (χ0n) is 11.9. The summed E-state index contributed by atoms with van der Waals surface area (Å²) in [6, 6.07) is 7.62. The number of anilines is 1. The first kappa shape index (κ1) is 15.4. The number of hydrogen-bond donors (Lipinski definition) is 2. The van der Waals surface area contributed by atoms with Crippen molar-refractivity contribution in [1.82, 2.24) is 10.2 Å². The number of hydrogen-bond acceptors (Lipinski definition) is 2. The lowest BCUT2D eigenvalue weighted by Crippen LogP contribution is -2.35. The summed E-state index contributed by atoms with van der Waals surface area (Å²) in [5.74, 6) is -0.00754. The molecule has 0 aromatic heterocycles. The summed E-state index contributed by atoms with van der Waals surface area (Å²) in [6.07, 6.45) is 1.01. The molecular weight excluding hydrogens is 258 g/mol. The Labute approximate surface area is 120 Å². The molecule has 1 rings (SSSR count). The van der Waals surface area contributed by atoms with E-state index in [0.29, 0.717) is 16.7 Å². The van der Waals surface area contributed by atoms with Gasteiger partial charge in [0.05, 0.1) is 0 Å². The SMILES string of the molecule is CC[C@H](C)NC(=S)Nc1ccc(C(=O)N(C)C)cc1. The Bertz CT molecular complexity index is 443. The fraction of sp³-hybridized carbons (Fsp3) is 0.429. The fourth-order valence-electron chi connectivity index (χ4n) is 1.45. The van der Waals surface area contributed by atoms with Crippen molar-refractivity contribution in [2.45, 2.75) is 26.3 Å². The van der Waals surface area contributed by atoms with Crippen LogP contribution < -0.4 is 10.6 Å². The molecule has 0 aliphatic carbocycles. The lowest BCUT2D eigenvalue weighted by atomic mass is 10.2. The number of benzene rings is 1. The zero-order valence-corrected chi connectivity index (χ0v) is 12.7. The molecule has 0 saturated heterocycles. The van der Waals surface area contributed by atoms with E-state index in [4.69, 9.17) is 12.2 Å². The molecule has 0 spiro atoms. The van der Waals surface area contributed by atoms with Crippen LogP contribution in [-0.2, 0) is 0 Å². The van der Waals surface area contributed by atoms with E-state index in [1.54, 1.807) is 31.1 Å². The van der Waals surface area contributed by atoms with Crippen molar-refractivity contribution >= 4 is 28.9 Å². The third-order valence-electron chi connectivity index (χ3n) is 2.79. The summed E-state index contributed by atoms with van der Waals surface area (Å²) < 4.78 is 0. The van der Waals surface area contributed by atoms with Gasteiger partial charge in [-0.1, -0.05) is 6.92 Å². The van der Waals surface area contributed by atoms with Gasteiger partial charge in [0.15, 0.2) is 5.11 Å². The van der Waals surface area contributed by atoms with Crippen LogP contribution in [-0.4, -0.2) is 36.1 Å². The van der Waals surface area contributed by atoms with Crippen molar-refractivity contribution < 1.29 is 4.79 Å². The quantitative estimate of drug-likeness (QED) is 0.831. The Morgan fingerprint density at radius 1 is 1.32 bits per heavy atom. The molecule has 1 aromatic rings. The normalized spacial score (nSPS) is 11.6. The number of amides is 1. The summed E-state index contributed by atoms with van der Waals surface area (Å²) >= 11 is 5.21. The lowest BCUT2D eigenvalue weighted by molar-refractivity contribution is 0.0827. The molecule has 1 amide bonds. The van der Waals surface area contributed by atoms with Gasteiger partial charge in [0, 0.05) is 31.4 Å². The van der Waals surface area contributed by atoms with Crippen molar-refractivity contribution in [1.29, 1.82) is 0 Å². The molecular formula is C14H21N3OS. The van der Waals surface area contributed by atoms with E-state index >= 15 is 0 Å². The van der Waals surface area contributed by atoms with Gasteiger partial charge in [-0.3, -0.25) is 4.79 Å². The summed E-state index contributed by atoms with van der Waals surface area (Å²) in [4.78, 5) is 13.3. The maximum atomic E-state index is 11.7. The van der Waals surface area contributed by atoms with Gasteiger partial charge in [-0.05, 0) is 49.8 Å². The zero-order chi connectivity index (χ0) is 14.4. The molecule has 1 atom stereocenters. The molecule has 1 aromatic carbocycles. The van der Waals surface area contributed by atoms with Crippen molar-refractivity contribution in [3.63, 3.8) is 0 Å². The number of nitrogens with zero attached hydrogens (tertiary/aromatic N) is 1. The molecule has 0 radical (unpaired) electrons. The van der Waals surface area contributed by atoms with Crippen LogP contribution in [0.2, 0.25) is 0 Å². The van der Waals surface area contributed by atoms with Crippen molar-refractivity contribution in [2.24, 2.45) is 0 Å². The Morgan fingerprint density at radius 3 is 2.37 bits per heavy atom. The molecule has 0 aliphatic rings. The largest absolute Gasteiger partial charge is 0.360 e. The van der Waals surface area contributed by atoms with E-state index in [1.807, 2.05) is 12.1 Å². The van der Waals surface area contributed by atoms with Gasteiger partial charge >= 0.3 is 0 Å². The number of thiocarbonyl (C=S) groups is 1. The second-order valence-corrected chi connectivity index (χ2v) is 5.09. The molecule has 104 valence electrons. The predicted octanol–water partition coefficient (Wildman–Crippen LogP) is 2.47. The first-order valence-electron chi connectivity index (χ1n) is 6.33. The number of carbonyl (C=O) groups excluding carboxylic acids is 1. The second-order valence-electron chi connectivity index (χ2n) is 4.68. The first-order valence-corrected chi connectivity index (χ1v) is 6.74. The highest BCUT2D eigenvalue weighted by Crippen LogP contribution is 2.10. The van der Waals surface area contributed by atoms with Crippen LogP contribution in [0, 0.1) is 0 Å². The number of nitrogens with one attached hydrogen (secondary N) is 2. The van der Waals surface area contributed by atoms with Crippen LogP contribution in [0.3, 0.4) is 0 Å². The third-order valence-corrected chi connectivity index (χ3v) is 3.01. The Morgan fingerprint density at radius 2 is 1.89 bits per heavy atom. The second kappa shape index (κ2) is 7.09. The smallest absolute Gasteiger partial charge is 0.253 e. The van der Waals surface area contributed by atoms with Crippen LogP contribution in [0.1, 0.15) is 30.6 Å². The van der Waals surface area contributed by atoms with Crippen molar-refractivity contribution in [2.75, 3.05) is 19.4 Å². The molecule has 0 heterocycles. The number of carbonyl (C=O) groups is 1. The van der Waals surface area contributed by atoms with Gasteiger partial charge in [-0.25, -0.2) is 0 Å². The molecule has 2 N–H and O–H groups in total. The minimum Gasteiger partial charge on any atom is -0.360 e. The van der Waals surface area contributed by atoms with Gasteiger partial charge in [-0.15, -0.1) is 0 Å². The molecule has 4 nitrogen and oxygen atoms in total. The molecule has 0 unspecified atom stereocenters. The minimum atomic E-state index is -0.00754. The maximum absolute atomic E-state index is 11.7. The Hall–Kier alpha value is -1.62. The average molecular weight is 279 g/mol. The Kier molecular flexibility index (Phi) is 5.76. The van der Waals surface area contributed by atoms with Crippen molar-refractivity contribution in [3.05, 3.63) is 29.8 Å². The van der Waals surface area contributed by atoms with Crippen LogP contribution in [0.5, 0.6) is 0 Å². The monoisotopic (exact) mass is 279 g/mol. The van der Waals surface area contributed by atoms with Crippen LogP contribution in [0.4, 0.5) is 5.69 Å². The van der Waals surface area contributed by atoms with Gasteiger partial charge in [0.25, 0.3) is 5.91 Å². The maximum Gasteiger partial charge on any atom is 0.253 e. The average Bonchev–Trinajstić information content (AvgIpc) is 2.38. The first-order chi connectivity index (χ1) is 8.93. The summed E-state index contributed by atoms with van der Waals surface area (Å²) in [5.41, 5.74) is 1.53. The van der Waals surface area contributed by atoms with E-state index in [1.165, 1.54) is 0 Å². The summed E-state index contributed by atoms with van der Waals surface area (Å²) in [7, 11) is 3.47. The highest BCUT2D eigenvalue weighted by molar-refractivity contribution is 7.80. The fourth-order valence-corrected chi connectivity index (χ4v) is 1.77. The highest BCUT2D eigenvalue weighted by atomic mass is 32.1. The molecule has 19 heavy (non-hydrogen) atoms. The molecule has 5 heteroatoms. The van der Waals surface area contributed by atoms with Crippen LogP contribution in [0.15, 0.2) is 24.3 Å². The standard InChI is InChI=1S/C14H21N3OS/c1-5-10(2)15-14(19)16-12-8-6-11(7-9-12)13(18)17(3)4/h6-10H,5H2,1-4H3,(H2,15,16,19)/t10-/m0/s1. The van der Waals surface area contributed by atoms with E-state index in [9.17, 15) is 4.79 Å². The highest BCUT2D eigenvalue weighted by Gasteiger charge is 2.07.